The van der Waals surface area contributed by atoms with Crippen LogP contribution in [-0.4, -0.2) is 17.8 Å². The minimum Gasteiger partial charge on any atom is -0.490 e. The van der Waals surface area contributed by atoms with E-state index in [1.54, 1.807) is 0 Å². The topological polar surface area (TPSA) is 18.5 Å². The molecule has 3 aromatic carbocycles. The van der Waals surface area contributed by atoms with Crippen LogP contribution in [0.25, 0.3) is 22.3 Å². The lowest BCUT2D eigenvalue weighted by molar-refractivity contribution is 0.141. The highest BCUT2D eigenvalue weighted by atomic mass is 127. The highest BCUT2D eigenvalue weighted by Gasteiger charge is 2.13. The third kappa shape index (κ3) is 4.16. The van der Waals surface area contributed by atoms with Gasteiger partial charge in [-0.1, -0.05) is 101 Å². The van der Waals surface area contributed by atoms with Crippen molar-refractivity contribution in [1.82, 2.24) is 0 Å². The van der Waals surface area contributed by atoms with Crippen molar-refractivity contribution < 1.29 is 9.47 Å². The zero-order valence-corrected chi connectivity index (χ0v) is 15.5. The average molecular weight is 430 g/mol. The van der Waals surface area contributed by atoms with Gasteiger partial charge in [0.25, 0.3) is 0 Å². The summed E-state index contributed by atoms with van der Waals surface area (Å²) in [5.74, 6) is 0.909. The lowest BCUT2D eigenvalue weighted by Gasteiger charge is -2.16. The first kappa shape index (κ1) is 17.0. The minimum atomic E-state index is 0.534. The van der Waals surface area contributed by atoms with E-state index in [1.165, 1.54) is 0 Å². The lowest BCUT2D eigenvalue weighted by atomic mass is 9.97. The molecule has 0 atom stereocenters. The van der Waals surface area contributed by atoms with Crippen LogP contribution in [0.1, 0.15) is 0 Å². The molecule has 0 heterocycles. The molecule has 0 radical (unpaired) electrons. The molecule has 2 nitrogen and oxygen atoms in total. The van der Waals surface area contributed by atoms with E-state index >= 15 is 0 Å². The summed E-state index contributed by atoms with van der Waals surface area (Å²) < 4.78 is 12.2. The molecular formula is C21H19IO2. The van der Waals surface area contributed by atoms with Crippen LogP contribution in [-0.2, 0) is 4.74 Å². The van der Waals surface area contributed by atoms with Gasteiger partial charge >= 0.3 is 0 Å². The number of hydrogen-bond acceptors (Lipinski definition) is 2. The summed E-state index contributed by atoms with van der Waals surface area (Å²) in [6.07, 6.45) is 0. The fraction of sp³-hybridized carbons (Fsp3) is 0.143. The second-order valence-electron chi connectivity index (χ2n) is 5.28. The van der Waals surface area contributed by atoms with Crippen molar-refractivity contribution in [1.29, 1.82) is 0 Å². The summed E-state index contributed by atoms with van der Waals surface area (Å²) in [4.78, 5) is 0. The van der Waals surface area contributed by atoms with Gasteiger partial charge in [-0.05, 0) is 11.1 Å². The molecule has 0 saturated carbocycles. The molecule has 0 fully saturated rings. The molecule has 3 rings (SSSR count). The molecule has 0 aliphatic carbocycles. The molecule has 0 unspecified atom stereocenters. The van der Waals surface area contributed by atoms with Crippen molar-refractivity contribution in [3.63, 3.8) is 0 Å². The molecule has 0 N–H and O–H groups in total. The fourth-order valence-corrected chi connectivity index (χ4v) is 2.95. The van der Waals surface area contributed by atoms with Crippen LogP contribution >= 0.6 is 22.6 Å². The Morgan fingerprint density at radius 1 is 0.625 bits per heavy atom. The number of ether oxygens (including phenoxy) is 2. The Hall–Kier alpha value is -1.85. The monoisotopic (exact) mass is 430 g/mol. The van der Waals surface area contributed by atoms with Crippen LogP contribution in [0.5, 0.6) is 5.75 Å². The van der Waals surface area contributed by atoms with Crippen LogP contribution in [0.4, 0.5) is 0 Å². The third-order valence-corrected chi connectivity index (χ3v) is 4.18. The van der Waals surface area contributed by atoms with Crippen LogP contribution in [0.15, 0.2) is 78.9 Å². The van der Waals surface area contributed by atoms with Gasteiger partial charge in [0.05, 0.1) is 11.2 Å². The second kappa shape index (κ2) is 8.85. The lowest BCUT2D eigenvalue weighted by Crippen LogP contribution is -2.07. The summed E-state index contributed by atoms with van der Waals surface area (Å²) in [5, 5.41) is 0. The van der Waals surface area contributed by atoms with Gasteiger partial charge in [0.15, 0.2) is 0 Å². The smallest absolute Gasteiger partial charge is 0.135 e. The van der Waals surface area contributed by atoms with Crippen molar-refractivity contribution in [2.75, 3.05) is 17.8 Å². The quantitative estimate of drug-likeness (QED) is 0.268. The Bertz CT molecular complexity index is 700. The first-order valence-corrected chi connectivity index (χ1v) is 9.43. The molecule has 0 aliphatic rings. The predicted octanol–water partition coefficient (Wildman–Crippen LogP) is 5.81. The predicted molar refractivity (Wildman–Crippen MR) is 108 cm³/mol. The Kier molecular flexibility index (Phi) is 6.26. The van der Waals surface area contributed by atoms with Crippen molar-refractivity contribution in [2.45, 2.75) is 0 Å². The van der Waals surface area contributed by atoms with Crippen LogP contribution in [0.3, 0.4) is 0 Å². The fourth-order valence-electron chi connectivity index (χ4n) is 2.64. The van der Waals surface area contributed by atoms with Gasteiger partial charge in [-0.25, -0.2) is 0 Å². The Labute approximate surface area is 156 Å². The van der Waals surface area contributed by atoms with Gasteiger partial charge in [0.1, 0.15) is 12.4 Å². The summed E-state index contributed by atoms with van der Waals surface area (Å²) in [6, 6.07) is 27.0. The van der Waals surface area contributed by atoms with Crippen molar-refractivity contribution in [3.05, 3.63) is 78.9 Å². The summed E-state index contributed by atoms with van der Waals surface area (Å²) in [5.41, 5.74) is 4.51. The van der Waals surface area contributed by atoms with E-state index in [-0.39, 0.29) is 0 Å². The van der Waals surface area contributed by atoms with Crippen molar-refractivity contribution in [3.8, 4) is 28.0 Å². The number of alkyl halides is 1. The number of para-hydroxylation sites is 1. The number of rotatable bonds is 7. The van der Waals surface area contributed by atoms with Gasteiger partial charge in [-0.3, -0.25) is 0 Å². The zero-order valence-electron chi connectivity index (χ0n) is 13.3. The maximum absolute atomic E-state index is 6.15. The third-order valence-electron chi connectivity index (χ3n) is 3.74. The molecule has 0 amide bonds. The van der Waals surface area contributed by atoms with Gasteiger partial charge < -0.3 is 9.47 Å². The number of hydrogen-bond donors (Lipinski definition) is 0. The average Bonchev–Trinajstić information content (AvgIpc) is 2.66. The zero-order chi connectivity index (χ0) is 16.6. The van der Waals surface area contributed by atoms with E-state index < -0.39 is 0 Å². The first-order chi connectivity index (χ1) is 11.9. The van der Waals surface area contributed by atoms with E-state index in [0.717, 1.165) is 28.0 Å². The van der Waals surface area contributed by atoms with E-state index in [9.17, 15) is 0 Å². The van der Waals surface area contributed by atoms with Crippen LogP contribution in [0.2, 0.25) is 0 Å². The molecule has 3 aromatic rings. The molecule has 0 bridgehead atoms. The van der Waals surface area contributed by atoms with Gasteiger partial charge in [0.2, 0.25) is 0 Å². The second-order valence-corrected chi connectivity index (χ2v) is 5.90. The van der Waals surface area contributed by atoms with Crippen LogP contribution < -0.4 is 4.74 Å². The van der Waals surface area contributed by atoms with Gasteiger partial charge in [-0.15, -0.1) is 0 Å². The summed E-state index contributed by atoms with van der Waals surface area (Å²) in [7, 11) is 0. The van der Waals surface area contributed by atoms with E-state index in [4.69, 9.17) is 9.47 Å². The maximum atomic E-state index is 6.15. The van der Waals surface area contributed by atoms with Crippen molar-refractivity contribution in [2.24, 2.45) is 0 Å². The molecule has 0 saturated heterocycles. The van der Waals surface area contributed by atoms with E-state index in [1.807, 2.05) is 36.4 Å². The Balaban J connectivity index is 2.02. The van der Waals surface area contributed by atoms with Crippen molar-refractivity contribution >= 4 is 22.6 Å². The summed E-state index contributed by atoms with van der Waals surface area (Å²) >= 11 is 2.20. The molecule has 3 heteroatoms. The first-order valence-electron chi connectivity index (χ1n) is 7.90. The molecule has 0 aliphatic heterocycles. The Morgan fingerprint density at radius 2 is 1.17 bits per heavy atom. The highest BCUT2D eigenvalue weighted by Crippen LogP contribution is 2.38. The number of benzene rings is 3. The molecule has 0 aromatic heterocycles. The molecule has 0 spiro atoms. The normalized spacial score (nSPS) is 10.5. The Morgan fingerprint density at radius 3 is 1.67 bits per heavy atom. The minimum absolute atomic E-state index is 0.534. The largest absolute Gasteiger partial charge is 0.490 e. The van der Waals surface area contributed by atoms with E-state index in [2.05, 4.69) is 65.1 Å². The van der Waals surface area contributed by atoms with E-state index in [0.29, 0.717) is 17.8 Å². The molecule has 122 valence electrons. The highest BCUT2D eigenvalue weighted by molar-refractivity contribution is 14.1. The maximum Gasteiger partial charge on any atom is 0.135 e. The summed E-state index contributed by atoms with van der Waals surface area (Å²) in [6.45, 7) is 1.12. The SMILES string of the molecule is ICOCCOc1c(-c2ccccc2)cccc1-c1ccccc1. The molecular weight excluding hydrogens is 411 g/mol. The number of halogens is 1. The standard InChI is InChI=1S/C21H19IO2/c22-16-23-14-15-24-21-19(17-8-3-1-4-9-17)12-7-13-20(21)18-10-5-2-6-11-18/h1-13H,14-16H2. The van der Waals surface area contributed by atoms with Crippen LogP contribution in [0, 0.1) is 0 Å². The van der Waals surface area contributed by atoms with Gasteiger partial charge in [0, 0.05) is 11.1 Å². The van der Waals surface area contributed by atoms with Gasteiger partial charge in [-0.2, -0.15) is 0 Å². The molecule has 24 heavy (non-hydrogen) atoms.